The molecule has 3 nitrogen and oxygen atoms in total. The van der Waals surface area contributed by atoms with Crippen LogP contribution in [0.3, 0.4) is 0 Å². The molecule has 7 aromatic carbocycles. The third-order valence-electron chi connectivity index (χ3n) is 11.0. The van der Waals surface area contributed by atoms with Crippen molar-refractivity contribution < 1.29 is 0 Å². The Kier molecular flexibility index (Phi) is 7.79. The minimum absolute atomic E-state index is 0.646. The third kappa shape index (κ3) is 5.56. The molecular formula is C52H33N3S. The molecule has 56 heavy (non-hydrogen) atoms. The molecule has 0 fully saturated rings. The van der Waals surface area contributed by atoms with Gasteiger partial charge in [-0.3, -0.25) is 0 Å². The summed E-state index contributed by atoms with van der Waals surface area (Å²) < 4.78 is 2.31. The molecule has 0 saturated heterocycles. The highest BCUT2D eigenvalue weighted by molar-refractivity contribution is 7.25. The number of nitrogens with zero attached hydrogens (tertiary/aromatic N) is 3. The van der Waals surface area contributed by atoms with E-state index in [0.29, 0.717) is 17.5 Å². The second-order valence-corrected chi connectivity index (χ2v) is 15.5. The van der Waals surface area contributed by atoms with Gasteiger partial charge in [0.1, 0.15) is 0 Å². The van der Waals surface area contributed by atoms with Crippen LogP contribution in [0.5, 0.6) is 0 Å². The number of thiophene rings is 1. The molecule has 0 bridgehead atoms. The topological polar surface area (TPSA) is 38.7 Å². The number of rotatable bonds is 5. The standard InChI is InChI=1S/C52H33N3S/c1-4-14-33(15-5-1)50-53-51(34-16-6-2-7-17-34)55-52(54-50)45-23-13-10-18-38(45)37-25-28-44-47-31-36(26-29-48(47)56-49(44)32-37)35-24-27-43-41-22-12-11-21-39(41)40-19-8-3-9-20-42(40)46(43)30-35/h1-2,4-10,12-20,22-25,27-28,30-32H,3,11,21H2. The maximum Gasteiger partial charge on any atom is 0.164 e. The van der Waals surface area contributed by atoms with Gasteiger partial charge < -0.3 is 0 Å². The molecule has 2 aliphatic carbocycles. The predicted molar refractivity (Wildman–Crippen MR) is 235 cm³/mol. The fourth-order valence-corrected chi connectivity index (χ4v) is 9.41. The van der Waals surface area contributed by atoms with Crippen LogP contribution >= 0.6 is 11.3 Å². The molecule has 2 heterocycles. The first kappa shape index (κ1) is 32.5. The summed E-state index contributed by atoms with van der Waals surface area (Å²) in [5, 5.41) is 5.04. The first-order chi connectivity index (χ1) is 27.7. The van der Waals surface area contributed by atoms with Crippen molar-refractivity contribution in [3.8, 4) is 56.4 Å². The van der Waals surface area contributed by atoms with Crippen LogP contribution in [0.2, 0.25) is 0 Å². The second kappa shape index (κ2) is 13.4. The van der Waals surface area contributed by atoms with Gasteiger partial charge in [-0.25, -0.2) is 15.0 Å². The zero-order valence-corrected chi connectivity index (χ0v) is 31.3. The lowest BCUT2D eigenvalue weighted by Gasteiger charge is -2.20. The van der Waals surface area contributed by atoms with E-state index in [4.69, 9.17) is 15.0 Å². The van der Waals surface area contributed by atoms with Gasteiger partial charge in [0, 0.05) is 37.7 Å². The molecule has 0 spiro atoms. The van der Waals surface area contributed by atoms with E-state index in [1.54, 1.807) is 11.3 Å². The summed E-state index contributed by atoms with van der Waals surface area (Å²) in [6.45, 7) is 0. The van der Waals surface area contributed by atoms with Crippen LogP contribution in [-0.2, 0) is 6.42 Å². The van der Waals surface area contributed by atoms with E-state index in [1.165, 1.54) is 48.5 Å². The first-order valence-corrected chi connectivity index (χ1v) is 20.0. The molecule has 0 radical (unpaired) electrons. The monoisotopic (exact) mass is 731 g/mol. The van der Waals surface area contributed by atoms with Crippen molar-refractivity contribution in [2.75, 3.05) is 0 Å². The number of aromatic nitrogens is 3. The van der Waals surface area contributed by atoms with E-state index in [1.807, 2.05) is 60.7 Å². The summed E-state index contributed by atoms with van der Waals surface area (Å²) >= 11 is 1.76. The molecular weight excluding hydrogens is 699 g/mol. The van der Waals surface area contributed by atoms with Gasteiger partial charge in [-0.05, 0) is 93.2 Å². The van der Waals surface area contributed by atoms with E-state index < -0.39 is 0 Å². The lowest BCUT2D eigenvalue weighted by Crippen LogP contribution is -2.02. The summed E-state index contributed by atoms with van der Waals surface area (Å²) in [6.07, 6.45) is 17.0. The van der Waals surface area contributed by atoms with Crippen molar-refractivity contribution in [3.63, 3.8) is 0 Å². The fourth-order valence-electron chi connectivity index (χ4n) is 8.33. The van der Waals surface area contributed by atoms with Gasteiger partial charge >= 0.3 is 0 Å². The van der Waals surface area contributed by atoms with Crippen LogP contribution in [-0.4, -0.2) is 15.0 Å². The van der Waals surface area contributed by atoms with Gasteiger partial charge in [0.15, 0.2) is 17.5 Å². The van der Waals surface area contributed by atoms with Crippen LogP contribution in [0.15, 0.2) is 146 Å². The van der Waals surface area contributed by atoms with E-state index in [0.717, 1.165) is 62.9 Å². The number of fused-ring (bicyclic) bond motifs is 9. The van der Waals surface area contributed by atoms with Gasteiger partial charge in [0.25, 0.3) is 0 Å². The highest BCUT2D eigenvalue weighted by Crippen LogP contribution is 2.42. The average Bonchev–Trinajstić information content (AvgIpc) is 3.44. The van der Waals surface area contributed by atoms with E-state index in [-0.39, 0.29) is 0 Å². The third-order valence-corrected chi connectivity index (χ3v) is 12.1. The average molecular weight is 732 g/mol. The van der Waals surface area contributed by atoms with Gasteiger partial charge in [-0.1, -0.05) is 152 Å². The van der Waals surface area contributed by atoms with Crippen LogP contribution in [0.1, 0.15) is 35.1 Å². The maximum atomic E-state index is 5.05. The highest BCUT2D eigenvalue weighted by Gasteiger charge is 2.20. The Bertz CT molecular complexity index is 3040. The Labute approximate surface area is 329 Å². The molecule has 262 valence electrons. The molecule has 0 unspecified atom stereocenters. The predicted octanol–water partition coefficient (Wildman–Crippen LogP) is 13.7. The maximum absolute atomic E-state index is 5.05. The molecule has 0 amide bonds. The van der Waals surface area contributed by atoms with E-state index >= 15 is 0 Å². The lowest BCUT2D eigenvalue weighted by molar-refractivity contribution is 0.985. The molecule has 0 atom stereocenters. The number of allylic oxidation sites excluding steroid dienone is 3. The Hall–Kier alpha value is -6.93. The first-order valence-electron chi connectivity index (χ1n) is 19.1. The van der Waals surface area contributed by atoms with Crippen LogP contribution in [0, 0.1) is 12.1 Å². The quantitative estimate of drug-likeness (QED) is 0.177. The minimum Gasteiger partial charge on any atom is -0.208 e. The second-order valence-electron chi connectivity index (χ2n) is 14.4. The Morgan fingerprint density at radius 3 is 1.91 bits per heavy atom. The van der Waals surface area contributed by atoms with Crippen molar-refractivity contribution in [1.82, 2.24) is 15.0 Å². The van der Waals surface area contributed by atoms with Gasteiger partial charge in [-0.15, -0.1) is 11.3 Å². The fraction of sp³-hybridized carbons (Fsp3) is 0.0577. The van der Waals surface area contributed by atoms with Crippen LogP contribution in [0.4, 0.5) is 0 Å². The molecule has 0 saturated carbocycles. The van der Waals surface area contributed by atoms with Gasteiger partial charge in [-0.2, -0.15) is 0 Å². The summed E-state index contributed by atoms with van der Waals surface area (Å²) in [5.41, 5.74) is 12.8. The van der Waals surface area contributed by atoms with Crippen LogP contribution < -0.4 is 0 Å². The minimum atomic E-state index is 0.646. The molecule has 0 aliphatic heterocycles. The van der Waals surface area contributed by atoms with Gasteiger partial charge in [0.2, 0.25) is 0 Å². The van der Waals surface area contributed by atoms with Crippen LogP contribution in [0.25, 0.3) is 106 Å². The Morgan fingerprint density at radius 2 is 1.12 bits per heavy atom. The summed E-state index contributed by atoms with van der Waals surface area (Å²) in [5.74, 6) is 1.95. The zero-order valence-electron chi connectivity index (χ0n) is 30.5. The molecule has 9 aromatic rings. The highest BCUT2D eigenvalue weighted by atomic mass is 32.1. The zero-order chi connectivity index (χ0) is 37.0. The molecule has 2 aromatic heterocycles. The van der Waals surface area contributed by atoms with Gasteiger partial charge in [0.05, 0.1) is 4.70 Å². The Balaban J connectivity index is 1.01. The van der Waals surface area contributed by atoms with Crippen molar-refractivity contribution >= 4 is 60.5 Å². The largest absolute Gasteiger partial charge is 0.208 e. The van der Waals surface area contributed by atoms with E-state index in [9.17, 15) is 0 Å². The SMILES string of the molecule is c1c(-c2ccc3c4c(c5c(c3c2)C=CCC=C5)CCC=C4)cc2c(c#1)sc1cc(-c3ccccc3-c3nc(-c4ccccc4)nc(-c4ccccc4)n3)ccc12. The van der Waals surface area contributed by atoms with Crippen molar-refractivity contribution in [2.24, 2.45) is 0 Å². The number of hydrogen-bond acceptors (Lipinski definition) is 4. The summed E-state index contributed by atoms with van der Waals surface area (Å²) in [4.78, 5) is 15.0. The van der Waals surface area contributed by atoms with Crippen molar-refractivity contribution in [2.45, 2.75) is 19.3 Å². The van der Waals surface area contributed by atoms with Crippen molar-refractivity contribution in [3.05, 3.63) is 180 Å². The van der Waals surface area contributed by atoms with Crippen molar-refractivity contribution in [1.29, 1.82) is 0 Å². The normalized spacial score (nSPS) is 13.1. The number of hydrogen-bond donors (Lipinski definition) is 0. The molecule has 4 heteroatoms. The summed E-state index contributed by atoms with van der Waals surface area (Å²) in [7, 11) is 0. The Morgan fingerprint density at radius 1 is 0.464 bits per heavy atom. The van der Waals surface area contributed by atoms with E-state index in [2.05, 4.69) is 115 Å². The summed E-state index contributed by atoms with van der Waals surface area (Å²) in [6, 6.07) is 51.8. The molecule has 0 N–H and O–H groups in total. The number of benzene rings is 6. The molecule has 11 rings (SSSR count). The molecule has 2 aliphatic rings. The smallest absolute Gasteiger partial charge is 0.164 e. The lowest BCUT2D eigenvalue weighted by atomic mass is 9.83.